The molecule has 0 saturated carbocycles. The first-order valence-corrected chi connectivity index (χ1v) is 9.73. The summed E-state index contributed by atoms with van der Waals surface area (Å²) in [6.07, 6.45) is 0. The van der Waals surface area contributed by atoms with Gasteiger partial charge >= 0.3 is 0 Å². The van der Waals surface area contributed by atoms with Crippen LogP contribution in [-0.4, -0.2) is 16.3 Å². The SMILES string of the molecule is Oc1c(N=Nc2ccc(Cl)cc2)c2ccccc2n1CCOc1ccc(Cl)cc1. The first kappa shape index (κ1) is 19.3. The van der Waals surface area contributed by atoms with Gasteiger partial charge in [-0.15, -0.1) is 5.11 Å². The van der Waals surface area contributed by atoms with Crippen molar-refractivity contribution >= 4 is 45.5 Å². The van der Waals surface area contributed by atoms with Crippen LogP contribution in [-0.2, 0) is 6.54 Å². The molecule has 0 aliphatic carbocycles. The molecule has 1 aromatic heterocycles. The first-order chi connectivity index (χ1) is 14.1. The summed E-state index contributed by atoms with van der Waals surface area (Å²) in [5.41, 5.74) is 1.92. The molecular formula is C22H17Cl2N3O2. The Morgan fingerprint density at radius 3 is 2.21 bits per heavy atom. The molecule has 0 unspecified atom stereocenters. The molecule has 4 aromatic rings. The van der Waals surface area contributed by atoms with Crippen molar-refractivity contribution in [1.29, 1.82) is 0 Å². The topological polar surface area (TPSA) is 59.1 Å². The van der Waals surface area contributed by atoms with Crippen molar-refractivity contribution in [1.82, 2.24) is 4.57 Å². The lowest BCUT2D eigenvalue weighted by molar-refractivity contribution is 0.290. The number of rotatable bonds is 6. The number of fused-ring (bicyclic) bond motifs is 1. The number of para-hydroxylation sites is 1. The lowest BCUT2D eigenvalue weighted by Gasteiger charge is -2.09. The third-order valence-electron chi connectivity index (χ3n) is 4.41. The smallest absolute Gasteiger partial charge is 0.220 e. The highest BCUT2D eigenvalue weighted by atomic mass is 35.5. The van der Waals surface area contributed by atoms with Gasteiger partial charge in [0.05, 0.1) is 17.7 Å². The van der Waals surface area contributed by atoms with Crippen molar-refractivity contribution in [2.45, 2.75) is 6.54 Å². The number of halogens is 2. The molecule has 1 N–H and O–H groups in total. The highest BCUT2D eigenvalue weighted by Crippen LogP contribution is 2.39. The number of aromatic nitrogens is 1. The van der Waals surface area contributed by atoms with E-state index in [9.17, 15) is 5.11 Å². The van der Waals surface area contributed by atoms with Gasteiger partial charge in [0.25, 0.3) is 0 Å². The van der Waals surface area contributed by atoms with E-state index in [1.165, 1.54) is 0 Å². The quantitative estimate of drug-likeness (QED) is 0.333. The summed E-state index contributed by atoms with van der Waals surface area (Å²) in [7, 11) is 0. The Morgan fingerprint density at radius 1 is 0.828 bits per heavy atom. The second kappa shape index (κ2) is 8.55. The van der Waals surface area contributed by atoms with Crippen LogP contribution in [0.3, 0.4) is 0 Å². The van der Waals surface area contributed by atoms with Crippen LogP contribution in [0.2, 0.25) is 10.0 Å². The Morgan fingerprint density at radius 2 is 1.48 bits per heavy atom. The molecule has 1 heterocycles. The van der Waals surface area contributed by atoms with Gasteiger partial charge in [-0.3, -0.25) is 0 Å². The van der Waals surface area contributed by atoms with Crippen LogP contribution in [0.5, 0.6) is 11.6 Å². The molecule has 0 fully saturated rings. The second-order valence-electron chi connectivity index (χ2n) is 6.32. The number of aromatic hydroxyl groups is 1. The van der Waals surface area contributed by atoms with Gasteiger partial charge in [-0.2, -0.15) is 5.11 Å². The lowest BCUT2D eigenvalue weighted by atomic mass is 10.2. The fraction of sp³-hybridized carbons (Fsp3) is 0.0909. The maximum absolute atomic E-state index is 10.8. The summed E-state index contributed by atoms with van der Waals surface area (Å²) in [5, 5.41) is 21.4. The molecule has 3 aromatic carbocycles. The van der Waals surface area contributed by atoms with E-state index in [0.29, 0.717) is 40.3 Å². The monoisotopic (exact) mass is 425 g/mol. The Hall–Kier alpha value is -3.02. The average molecular weight is 426 g/mol. The third-order valence-corrected chi connectivity index (χ3v) is 4.91. The number of nitrogens with zero attached hydrogens (tertiary/aromatic N) is 3. The van der Waals surface area contributed by atoms with E-state index in [4.69, 9.17) is 27.9 Å². The van der Waals surface area contributed by atoms with Gasteiger partial charge < -0.3 is 14.4 Å². The van der Waals surface area contributed by atoms with Gasteiger partial charge in [-0.1, -0.05) is 41.4 Å². The summed E-state index contributed by atoms with van der Waals surface area (Å²) in [5.74, 6) is 0.761. The molecule has 29 heavy (non-hydrogen) atoms. The van der Waals surface area contributed by atoms with Gasteiger partial charge in [-0.05, 0) is 54.6 Å². The fourth-order valence-electron chi connectivity index (χ4n) is 3.00. The second-order valence-corrected chi connectivity index (χ2v) is 7.19. The molecule has 0 aliphatic heterocycles. The Labute approximate surface area is 177 Å². The van der Waals surface area contributed by atoms with Crippen molar-refractivity contribution < 1.29 is 9.84 Å². The van der Waals surface area contributed by atoms with Crippen molar-refractivity contribution in [3.63, 3.8) is 0 Å². The molecule has 0 bridgehead atoms. The number of hydrogen-bond donors (Lipinski definition) is 1. The minimum absolute atomic E-state index is 0.0450. The lowest BCUT2D eigenvalue weighted by Crippen LogP contribution is -2.07. The maximum atomic E-state index is 10.8. The number of ether oxygens (including phenoxy) is 1. The summed E-state index contributed by atoms with van der Waals surface area (Å²) in [6, 6.07) is 21.8. The van der Waals surface area contributed by atoms with Crippen LogP contribution in [0.4, 0.5) is 11.4 Å². The standard InChI is InChI=1S/C22H17Cl2N3O2/c23-15-5-9-17(10-6-15)25-26-21-19-3-1-2-4-20(19)27(22(21)28)13-14-29-18-11-7-16(24)8-12-18/h1-12,28H,13-14H2. The highest BCUT2D eigenvalue weighted by molar-refractivity contribution is 6.30. The van der Waals surface area contributed by atoms with Crippen LogP contribution in [0.25, 0.3) is 10.9 Å². The van der Waals surface area contributed by atoms with Crippen LogP contribution in [0, 0.1) is 0 Å². The van der Waals surface area contributed by atoms with E-state index in [-0.39, 0.29) is 5.88 Å². The van der Waals surface area contributed by atoms with Gasteiger partial charge in [0.2, 0.25) is 5.88 Å². The molecule has 7 heteroatoms. The van der Waals surface area contributed by atoms with Crippen LogP contribution >= 0.6 is 23.2 Å². The van der Waals surface area contributed by atoms with Gasteiger partial charge in [0, 0.05) is 15.4 Å². The molecule has 146 valence electrons. The number of azo groups is 1. The van der Waals surface area contributed by atoms with E-state index in [1.807, 2.05) is 36.4 Å². The molecule has 0 aliphatic rings. The zero-order valence-corrected chi connectivity index (χ0v) is 16.8. The van der Waals surface area contributed by atoms with Gasteiger partial charge in [0.1, 0.15) is 12.4 Å². The maximum Gasteiger partial charge on any atom is 0.220 e. The van der Waals surface area contributed by atoms with E-state index in [0.717, 1.165) is 10.9 Å². The molecule has 4 rings (SSSR count). The van der Waals surface area contributed by atoms with Gasteiger partial charge in [-0.25, -0.2) is 0 Å². The third kappa shape index (κ3) is 4.36. The summed E-state index contributed by atoms with van der Waals surface area (Å²) >= 11 is 11.8. The normalized spacial score (nSPS) is 11.4. The molecule has 0 spiro atoms. The number of hydrogen-bond acceptors (Lipinski definition) is 4. The van der Waals surface area contributed by atoms with Crippen LogP contribution in [0.15, 0.2) is 83.0 Å². The van der Waals surface area contributed by atoms with Crippen molar-refractivity contribution in [3.8, 4) is 11.6 Å². The number of benzene rings is 3. The van der Waals surface area contributed by atoms with Crippen LogP contribution in [0.1, 0.15) is 0 Å². The van der Waals surface area contributed by atoms with Crippen molar-refractivity contribution in [2.75, 3.05) is 6.61 Å². The molecule has 0 amide bonds. The van der Waals surface area contributed by atoms with Crippen LogP contribution < -0.4 is 4.74 Å². The van der Waals surface area contributed by atoms with E-state index in [1.54, 1.807) is 41.0 Å². The summed E-state index contributed by atoms with van der Waals surface area (Å²) < 4.78 is 7.53. The first-order valence-electron chi connectivity index (χ1n) is 8.98. The Kier molecular flexibility index (Phi) is 5.69. The predicted molar refractivity (Wildman–Crippen MR) is 116 cm³/mol. The van der Waals surface area contributed by atoms with Gasteiger partial charge in [0.15, 0.2) is 5.69 Å². The van der Waals surface area contributed by atoms with E-state index >= 15 is 0 Å². The Balaban J connectivity index is 1.58. The zero-order chi connectivity index (χ0) is 20.2. The minimum atomic E-state index is 0.0450. The Bertz CT molecular complexity index is 1150. The average Bonchev–Trinajstić information content (AvgIpc) is 3.00. The van der Waals surface area contributed by atoms with Crippen molar-refractivity contribution in [2.24, 2.45) is 10.2 Å². The van der Waals surface area contributed by atoms with Crippen molar-refractivity contribution in [3.05, 3.63) is 82.8 Å². The summed E-state index contributed by atoms with van der Waals surface area (Å²) in [4.78, 5) is 0. The molecular weight excluding hydrogens is 409 g/mol. The highest BCUT2D eigenvalue weighted by Gasteiger charge is 2.16. The van der Waals surface area contributed by atoms with E-state index < -0.39 is 0 Å². The zero-order valence-electron chi connectivity index (χ0n) is 15.3. The molecule has 5 nitrogen and oxygen atoms in total. The van der Waals surface area contributed by atoms with E-state index in [2.05, 4.69) is 10.2 Å². The minimum Gasteiger partial charge on any atom is -0.493 e. The molecule has 0 atom stereocenters. The molecule has 0 radical (unpaired) electrons. The predicted octanol–water partition coefficient (Wildman–Crippen LogP) is 7.15. The molecule has 0 saturated heterocycles. The largest absolute Gasteiger partial charge is 0.493 e. The summed E-state index contributed by atoms with van der Waals surface area (Å²) in [6.45, 7) is 0.826. The fourth-order valence-corrected chi connectivity index (χ4v) is 3.25.